The molecule has 0 unspecified atom stereocenters. The molecule has 8 nitrogen and oxygen atoms in total. The predicted molar refractivity (Wildman–Crippen MR) is 115 cm³/mol. The Morgan fingerprint density at radius 3 is 2.53 bits per heavy atom. The lowest BCUT2D eigenvalue weighted by molar-refractivity contribution is 0.284. The van der Waals surface area contributed by atoms with Crippen LogP contribution in [0.25, 0.3) is 0 Å². The second kappa shape index (κ2) is 9.38. The fourth-order valence-electron chi connectivity index (χ4n) is 2.68. The summed E-state index contributed by atoms with van der Waals surface area (Å²) >= 11 is 0. The number of rotatable bonds is 8. The Morgan fingerprint density at radius 2 is 1.83 bits per heavy atom. The van der Waals surface area contributed by atoms with Gasteiger partial charge < -0.3 is 15.2 Å². The molecule has 9 heteroatoms. The molecule has 4 N–H and O–H groups in total. The highest BCUT2D eigenvalue weighted by atomic mass is 32.2. The lowest BCUT2D eigenvalue weighted by Crippen LogP contribution is -2.31. The number of nitrogens with one attached hydrogen (secondary N) is 2. The summed E-state index contributed by atoms with van der Waals surface area (Å²) in [6.45, 7) is 0.354. The van der Waals surface area contributed by atoms with Crippen molar-refractivity contribution in [1.29, 1.82) is 5.41 Å². The molecule has 0 aliphatic rings. The van der Waals surface area contributed by atoms with Gasteiger partial charge in [-0.1, -0.05) is 36.4 Å². The van der Waals surface area contributed by atoms with Gasteiger partial charge in [0.2, 0.25) is 0 Å². The number of hydrogen-bond acceptors (Lipinski definition) is 7. The SMILES string of the molecule is COc1cc(CNS(=O)(=O)C(=N)c2cccnc2N)ccc1OCc1ccccc1. The molecule has 30 heavy (non-hydrogen) atoms. The lowest BCUT2D eigenvalue weighted by Gasteiger charge is -2.13. The van der Waals surface area contributed by atoms with Gasteiger partial charge in [0.05, 0.1) is 12.7 Å². The van der Waals surface area contributed by atoms with Crippen molar-refractivity contribution in [2.24, 2.45) is 0 Å². The maximum absolute atomic E-state index is 12.5. The molecular weight excluding hydrogens is 404 g/mol. The van der Waals surface area contributed by atoms with E-state index in [1.54, 1.807) is 18.2 Å². The van der Waals surface area contributed by atoms with Crippen LogP contribution in [0.2, 0.25) is 0 Å². The van der Waals surface area contributed by atoms with Gasteiger partial charge in [-0.15, -0.1) is 0 Å². The highest BCUT2D eigenvalue weighted by Gasteiger charge is 2.22. The van der Waals surface area contributed by atoms with Crippen LogP contribution in [-0.2, 0) is 23.2 Å². The molecule has 3 aromatic rings. The Hall–Kier alpha value is -3.43. The van der Waals surface area contributed by atoms with E-state index in [0.29, 0.717) is 23.7 Å². The van der Waals surface area contributed by atoms with Crippen molar-refractivity contribution < 1.29 is 17.9 Å². The van der Waals surface area contributed by atoms with Crippen LogP contribution in [0.1, 0.15) is 16.7 Å². The second-order valence-electron chi connectivity index (χ2n) is 6.35. The fourth-order valence-corrected chi connectivity index (χ4v) is 3.64. The number of nitrogens with zero attached hydrogens (tertiary/aromatic N) is 1. The minimum absolute atomic E-state index is 0.0190. The maximum atomic E-state index is 12.5. The number of nitrogen functional groups attached to an aromatic ring is 1. The second-order valence-corrected chi connectivity index (χ2v) is 8.05. The molecule has 2 aromatic carbocycles. The number of anilines is 1. The molecule has 0 atom stereocenters. The van der Waals surface area contributed by atoms with Crippen molar-refractivity contribution in [3.8, 4) is 11.5 Å². The van der Waals surface area contributed by atoms with Gasteiger partial charge in [-0.25, -0.2) is 18.1 Å². The molecule has 0 aliphatic heterocycles. The van der Waals surface area contributed by atoms with Crippen molar-refractivity contribution in [3.63, 3.8) is 0 Å². The van der Waals surface area contributed by atoms with Crippen molar-refractivity contribution >= 4 is 20.9 Å². The third-order valence-corrected chi connectivity index (χ3v) is 5.57. The van der Waals surface area contributed by atoms with E-state index in [9.17, 15) is 8.42 Å². The van der Waals surface area contributed by atoms with Crippen LogP contribution < -0.4 is 19.9 Å². The van der Waals surface area contributed by atoms with Crippen molar-refractivity contribution in [2.75, 3.05) is 12.8 Å². The van der Waals surface area contributed by atoms with Crippen LogP contribution in [0.3, 0.4) is 0 Å². The minimum atomic E-state index is -4.07. The summed E-state index contributed by atoms with van der Waals surface area (Å²) in [5, 5.41) is 7.34. The van der Waals surface area contributed by atoms with E-state index in [1.807, 2.05) is 30.3 Å². The molecule has 1 heterocycles. The topological polar surface area (TPSA) is 127 Å². The molecule has 0 saturated heterocycles. The maximum Gasteiger partial charge on any atom is 0.258 e. The number of pyridine rings is 1. The highest BCUT2D eigenvalue weighted by molar-refractivity contribution is 8.05. The first-order valence-corrected chi connectivity index (χ1v) is 10.5. The van der Waals surface area contributed by atoms with E-state index in [2.05, 4.69) is 9.71 Å². The van der Waals surface area contributed by atoms with Crippen molar-refractivity contribution in [1.82, 2.24) is 9.71 Å². The Kier molecular flexibility index (Phi) is 6.65. The van der Waals surface area contributed by atoms with E-state index < -0.39 is 15.1 Å². The number of ether oxygens (including phenoxy) is 2. The molecule has 156 valence electrons. The van der Waals surface area contributed by atoms with Gasteiger partial charge >= 0.3 is 0 Å². The van der Waals surface area contributed by atoms with E-state index >= 15 is 0 Å². The Labute approximate surface area is 175 Å². The normalized spacial score (nSPS) is 11.1. The van der Waals surface area contributed by atoms with Gasteiger partial charge in [0.1, 0.15) is 12.4 Å². The molecule has 0 aliphatic carbocycles. The Morgan fingerprint density at radius 1 is 1.07 bits per heavy atom. The predicted octanol–water partition coefficient (Wildman–Crippen LogP) is 2.70. The zero-order chi connectivity index (χ0) is 21.6. The molecule has 0 radical (unpaired) electrons. The number of methoxy groups -OCH3 is 1. The third-order valence-electron chi connectivity index (χ3n) is 4.28. The van der Waals surface area contributed by atoms with E-state index in [-0.39, 0.29) is 17.9 Å². The summed E-state index contributed by atoms with van der Waals surface area (Å²) in [6, 6.07) is 17.8. The van der Waals surface area contributed by atoms with Crippen LogP contribution >= 0.6 is 0 Å². The highest BCUT2D eigenvalue weighted by Crippen LogP contribution is 2.29. The molecule has 0 spiro atoms. The average Bonchev–Trinajstić information content (AvgIpc) is 2.77. The summed E-state index contributed by atoms with van der Waals surface area (Å²) in [6.07, 6.45) is 1.43. The summed E-state index contributed by atoms with van der Waals surface area (Å²) < 4.78 is 38.5. The standard InChI is InChI=1S/C21H22N4O4S/c1-28-19-12-16(9-10-18(19)29-14-15-6-3-2-4-7-15)13-25-30(26,27)21(23)17-8-5-11-24-20(17)22/h2-12,23,25H,13-14H2,1H3,(H2,22,24). The quantitative estimate of drug-likeness (QED) is 0.375. The molecule has 3 rings (SSSR count). The van der Waals surface area contributed by atoms with Gasteiger partial charge in [0.15, 0.2) is 16.5 Å². The van der Waals surface area contributed by atoms with Gasteiger partial charge in [-0.3, -0.25) is 5.41 Å². The first-order chi connectivity index (χ1) is 14.4. The van der Waals surface area contributed by atoms with Crippen LogP contribution in [-0.4, -0.2) is 25.6 Å². The monoisotopic (exact) mass is 426 g/mol. The first-order valence-electron chi connectivity index (χ1n) is 9.03. The molecule has 0 saturated carbocycles. The van der Waals surface area contributed by atoms with Gasteiger partial charge in [0.25, 0.3) is 10.0 Å². The van der Waals surface area contributed by atoms with E-state index in [4.69, 9.17) is 20.6 Å². The minimum Gasteiger partial charge on any atom is -0.493 e. The Balaban J connectivity index is 1.68. The van der Waals surface area contributed by atoms with Gasteiger partial charge in [0, 0.05) is 12.7 Å². The van der Waals surface area contributed by atoms with Gasteiger partial charge in [-0.2, -0.15) is 0 Å². The largest absolute Gasteiger partial charge is 0.493 e. The molecule has 0 fully saturated rings. The fraction of sp³-hybridized carbons (Fsp3) is 0.143. The third kappa shape index (κ3) is 5.13. The average molecular weight is 426 g/mol. The molecular formula is C21H22N4O4S. The van der Waals surface area contributed by atoms with E-state index in [1.165, 1.54) is 25.4 Å². The zero-order valence-electron chi connectivity index (χ0n) is 16.3. The number of aromatic nitrogens is 1. The van der Waals surface area contributed by atoms with E-state index in [0.717, 1.165) is 5.56 Å². The number of hydrogen-bond donors (Lipinski definition) is 3. The summed E-state index contributed by atoms with van der Waals surface area (Å²) in [7, 11) is -2.56. The number of nitrogens with two attached hydrogens (primary N) is 1. The summed E-state index contributed by atoms with van der Waals surface area (Å²) in [4.78, 5) is 3.82. The molecule has 1 aromatic heterocycles. The van der Waals surface area contributed by atoms with Crippen LogP contribution in [0, 0.1) is 5.41 Å². The van der Waals surface area contributed by atoms with Crippen LogP contribution in [0.4, 0.5) is 5.82 Å². The molecule has 0 bridgehead atoms. The zero-order valence-corrected chi connectivity index (χ0v) is 17.1. The van der Waals surface area contributed by atoms with Crippen LogP contribution in [0.15, 0.2) is 66.9 Å². The van der Waals surface area contributed by atoms with Crippen molar-refractivity contribution in [3.05, 3.63) is 83.6 Å². The first kappa shape index (κ1) is 21.3. The Bertz CT molecular complexity index is 1130. The van der Waals surface area contributed by atoms with Crippen LogP contribution in [0.5, 0.6) is 11.5 Å². The lowest BCUT2D eigenvalue weighted by atomic mass is 10.2. The summed E-state index contributed by atoms with van der Waals surface area (Å²) in [5.74, 6) is 1.01. The molecule has 0 amide bonds. The number of sulfonamides is 1. The van der Waals surface area contributed by atoms with Gasteiger partial charge in [-0.05, 0) is 35.4 Å². The smallest absolute Gasteiger partial charge is 0.258 e. The summed E-state index contributed by atoms with van der Waals surface area (Å²) in [5.41, 5.74) is 7.39. The van der Waals surface area contributed by atoms with Crippen molar-refractivity contribution in [2.45, 2.75) is 13.2 Å². The number of benzene rings is 2.